The number of benzene rings is 1. The van der Waals surface area contributed by atoms with Crippen molar-refractivity contribution in [2.24, 2.45) is 0 Å². The maximum atomic E-state index is 12.5. The molecule has 29 heavy (non-hydrogen) atoms. The molecule has 0 aliphatic rings. The lowest BCUT2D eigenvalue weighted by Crippen LogP contribution is -2.22. The number of amides is 1. The largest absolute Gasteiger partial charge is 0.491 e. The third-order valence-corrected chi connectivity index (χ3v) is 4.75. The quantitative estimate of drug-likeness (QED) is 0.630. The number of nitrogens with one attached hydrogen (secondary N) is 1. The van der Waals surface area contributed by atoms with Crippen LogP contribution in [0.3, 0.4) is 0 Å². The zero-order chi connectivity index (χ0) is 21.0. The molecule has 0 saturated carbocycles. The van der Waals surface area contributed by atoms with Crippen LogP contribution >= 0.6 is 0 Å². The van der Waals surface area contributed by atoms with Crippen molar-refractivity contribution in [2.45, 2.75) is 26.4 Å². The maximum absolute atomic E-state index is 12.5. The minimum atomic E-state index is -0.201. The first-order valence-electron chi connectivity index (χ1n) is 9.52. The van der Waals surface area contributed by atoms with Gasteiger partial charge in [0.1, 0.15) is 6.54 Å². The molecule has 0 bridgehead atoms. The molecule has 0 aliphatic heterocycles. The summed E-state index contributed by atoms with van der Waals surface area (Å²) in [6.07, 6.45) is 4.43. The number of anilines is 1. The average molecular weight is 397 g/mol. The first kappa shape index (κ1) is 20.6. The molecule has 2 aromatic heterocycles. The minimum absolute atomic E-state index is 0.0828. The number of pyridine rings is 1. The third kappa shape index (κ3) is 5.03. The summed E-state index contributed by atoms with van der Waals surface area (Å²) in [5, 5.41) is 2.89. The minimum Gasteiger partial charge on any atom is -0.491 e. The molecule has 1 aromatic carbocycles. The smallest absolute Gasteiger partial charge is 0.244 e. The van der Waals surface area contributed by atoms with Crippen LogP contribution in [0.25, 0.3) is 11.0 Å². The van der Waals surface area contributed by atoms with Gasteiger partial charge in [0.2, 0.25) is 11.3 Å². The Morgan fingerprint density at radius 1 is 1.24 bits per heavy atom. The highest BCUT2D eigenvalue weighted by Crippen LogP contribution is 2.19. The van der Waals surface area contributed by atoms with Crippen LogP contribution < -0.4 is 15.5 Å². The van der Waals surface area contributed by atoms with Gasteiger partial charge in [0, 0.05) is 24.0 Å². The van der Waals surface area contributed by atoms with Gasteiger partial charge in [-0.2, -0.15) is 0 Å². The Kier molecular flexibility index (Phi) is 6.33. The van der Waals surface area contributed by atoms with Gasteiger partial charge >= 0.3 is 0 Å². The van der Waals surface area contributed by atoms with Gasteiger partial charge in [-0.3, -0.25) is 9.59 Å². The van der Waals surface area contributed by atoms with E-state index in [1.54, 1.807) is 17.7 Å². The van der Waals surface area contributed by atoms with Crippen LogP contribution in [0.4, 0.5) is 5.69 Å². The van der Waals surface area contributed by atoms with Crippen molar-refractivity contribution in [1.29, 1.82) is 0 Å². The standard InChI is InChI=1S/C21H27N5O3/c1-15-10-19(27)20(29-4)12-26(15)13-21(28)23-16-6-7-18-17(11-16)22-14-25(18)9-5-8-24(2)3/h6-7,10-12,14H,5,8-9,13H2,1-4H3,(H,23,28). The first-order chi connectivity index (χ1) is 13.9. The number of hydrogen-bond acceptors (Lipinski definition) is 5. The van der Waals surface area contributed by atoms with Crippen LogP contribution in [-0.2, 0) is 17.9 Å². The van der Waals surface area contributed by atoms with E-state index < -0.39 is 0 Å². The summed E-state index contributed by atoms with van der Waals surface area (Å²) in [4.78, 5) is 30.9. The summed E-state index contributed by atoms with van der Waals surface area (Å²) in [6.45, 7) is 3.78. The fourth-order valence-electron chi connectivity index (χ4n) is 3.21. The van der Waals surface area contributed by atoms with Crippen LogP contribution in [0.15, 0.2) is 41.6 Å². The number of carbonyl (C=O) groups is 1. The summed E-state index contributed by atoms with van der Waals surface area (Å²) in [7, 11) is 5.56. The number of ether oxygens (including phenoxy) is 1. The first-order valence-corrected chi connectivity index (χ1v) is 9.52. The molecule has 0 spiro atoms. The van der Waals surface area contributed by atoms with Crippen molar-refractivity contribution in [3.05, 3.63) is 52.7 Å². The second kappa shape index (κ2) is 8.91. The van der Waals surface area contributed by atoms with E-state index in [0.717, 1.165) is 30.5 Å². The van der Waals surface area contributed by atoms with E-state index >= 15 is 0 Å². The lowest BCUT2D eigenvalue weighted by molar-refractivity contribution is -0.116. The number of rotatable bonds is 8. The summed E-state index contributed by atoms with van der Waals surface area (Å²) in [5.74, 6) is 0.0215. The molecular weight excluding hydrogens is 370 g/mol. The summed E-state index contributed by atoms with van der Waals surface area (Å²) in [6, 6.07) is 7.18. The Morgan fingerprint density at radius 2 is 2.03 bits per heavy atom. The SMILES string of the molecule is COc1cn(CC(=O)Nc2ccc3c(c2)ncn3CCCN(C)C)c(C)cc1=O. The number of carbonyl (C=O) groups excluding carboxylic acids is 1. The molecule has 0 aliphatic carbocycles. The van der Waals surface area contributed by atoms with Gasteiger partial charge in [-0.05, 0) is 52.2 Å². The summed E-state index contributed by atoms with van der Waals surface area (Å²) >= 11 is 0. The van der Waals surface area contributed by atoms with Gasteiger partial charge in [-0.1, -0.05) is 0 Å². The van der Waals surface area contributed by atoms with Crippen molar-refractivity contribution in [3.63, 3.8) is 0 Å². The van der Waals surface area contributed by atoms with Crippen molar-refractivity contribution in [2.75, 3.05) is 33.1 Å². The van der Waals surface area contributed by atoms with E-state index in [4.69, 9.17) is 4.74 Å². The Balaban J connectivity index is 1.69. The molecule has 0 radical (unpaired) electrons. The van der Waals surface area contributed by atoms with Gasteiger partial charge in [0.15, 0.2) is 5.75 Å². The van der Waals surface area contributed by atoms with Crippen LogP contribution in [0, 0.1) is 6.92 Å². The normalized spacial score (nSPS) is 11.2. The van der Waals surface area contributed by atoms with Crippen molar-refractivity contribution >= 4 is 22.6 Å². The van der Waals surface area contributed by atoms with Crippen LogP contribution in [0.1, 0.15) is 12.1 Å². The van der Waals surface area contributed by atoms with Gasteiger partial charge in [-0.15, -0.1) is 0 Å². The van der Waals surface area contributed by atoms with Crippen LogP contribution in [0.2, 0.25) is 0 Å². The molecule has 0 saturated heterocycles. The van der Waals surface area contributed by atoms with E-state index in [1.807, 2.05) is 24.5 Å². The molecule has 1 N–H and O–H groups in total. The van der Waals surface area contributed by atoms with E-state index in [0.29, 0.717) is 11.4 Å². The zero-order valence-corrected chi connectivity index (χ0v) is 17.3. The highest BCUT2D eigenvalue weighted by molar-refractivity contribution is 5.93. The second-order valence-electron chi connectivity index (χ2n) is 7.32. The fraction of sp³-hybridized carbons (Fsp3) is 0.381. The predicted octanol–water partition coefficient (Wildman–Crippen LogP) is 2.11. The average Bonchev–Trinajstić information content (AvgIpc) is 3.06. The molecule has 2 heterocycles. The van der Waals surface area contributed by atoms with Gasteiger partial charge < -0.3 is 24.1 Å². The highest BCUT2D eigenvalue weighted by atomic mass is 16.5. The van der Waals surface area contributed by atoms with Crippen molar-refractivity contribution in [1.82, 2.24) is 19.0 Å². The number of nitrogens with zero attached hydrogens (tertiary/aromatic N) is 4. The summed E-state index contributed by atoms with van der Waals surface area (Å²) < 4.78 is 8.87. The number of methoxy groups -OCH3 is 1. The molecular formula is C21H27N5O3. The van der Waals surface area contributed by atoms with Gasteiger partial charge in [0.25, 0.3) is 0 Å². The molecule has 0 unspecified atom stereocenters. The number of imidazole rings is 1. The molecule has 8 nitrogen and oxygen atoms in total. The molecule has 3 rings (SSSR count). The number of fused-ring (bicyclic) bond motifs is 1. The molecule has 0 atom stereocenters. The Hall–Kier alpha value is -3.13. The van der Waals surface area contributed by atoms with Gasteiger partial charge in [-0.25, -0.2) is 4.98 Å². The van der Waals surface area contributed by atoms with Crippen LogP contribution in [0.5, 0.6) is 5.75 Å². The predicted molar refractivity (Wildman–Crippen MR) is 114 cm³/mol. The third-order valence-electron chi connectivity index (χ3n) is 4.75. The maximum Gasteiger partial charge on any atom is 0.244 e. The van der Waals surface area contributed by atoms with E-state index in [-0.39, 0.29) is 23.6 Å². The monoisotopic (exact) mass is 397 g/mol. The topological polar surface area (TPSA) is 81.4 Å². The molecule has 8 heteroatoms. The Bertz CT molecular complexity index is 1070. The van der Waals surface area contributed by atoms with Crippen LogP contribution in [-0.4, -0.2) is 52.7 Å². The van der Waals surface area contributed by atoms with E-state index in [1.165, 1.54) is 13.2 Å². The van der Waals surface area contributed by atoms with Gasteiger partial charge in [0.05, 0.1) is 30.7 Å². The molecule has 154 valence electrons. The lowest BCUT2D eigenvalue weighted by Gasteiger charge is -2.12. The second-order valence-corrected chi connectivity index (χ2v) is 7.32. The molecule has 1 amide bonds. The fourth-order valence-corrected chi connectivity index (χ4v) is 3.21. The molecule has 0 fully saturated rings. The number of aryl methyl sites for hydroxylation is 2. The summed E-state index contributed by atoms with van der Waals surface area (Å²) in [5.41, 5.74) is 3.06. The zero-order valence-electron chi connectivity index (χ0n) is 17.3. The van der Waals surface area contributed by atoms with E-state index in [2.05, 4.69) is 33.9 Å². The Labute approximate surface area is 169 Å². The Morgan fingerprint density at radius 3 is 2.76 bits per heavy atom. The van der Waals surface area contributed by atoms with E-state index in [9.17, 15) is 9.59 Å². The number of hydrogen-bond donors (Lipinski definition) is 1. The van der Waals surface area contributed by atoms with Crippen molar-refractivity contribution in [3.8, 4) is 5.75 Å². The highest BCUT2D eigenvalue weighted by Gasteiger charge is 2.10. The molecule has 3 aromatic rings. The lowest BCUT2D eigenvalue weighted by atomic mass is 10.2. The number of aromatic nitrogens is 3. The van der Waals surface area contributed by atoms with Crippen molar-refractivity contribution < 1.29 is 9.53 Å².